The second-order valence-corrected chi connectivity index (χ2v) is 5.55. The maximum Gasteiger partial charge on any atom is 0.338 e. The molecule has 0 aromatic heterocycles. The van der Waals surface area contributed by atoms with Gasteiger partial charge in [0.2, 0.25) is 0 Å². The van der Waals surface area contributed by atoms with Crippen molar-refractivity contribution in [2.24, 2.45) is 0 Å². The van der Waals surface area contributed by atoms with Gasteiger partial charge in [-0.05, 0) is 29.8 Å². The molecule has 3 rings (SSSR count). The van der Waals surface area contributed by atoms with E-state index >= 15 is 0 Å². The highest BCUT2D eigenvalue weighted by Gasteiger charge is 2.12. The molecule has 0 heterocycles. The van der Waals surface area contributed by atoms with Crippen molar-refractivity contribution in [3.8, 4) is 11.1 Å². The third-order valence-electron chi connectivity index (χ3n) is 3.68. The number of rotatable bonds is 5. The number of hydrogen-bond donors (Lipinski definition) is 1. The Kier molecular flexibility index (Phi) is 5.39. The Morgan fingerprint density at radius 1 is 0.885 bits per heavy atom. The molecular weight excluding hydrogens is 333 g/mol. The summed E-state index contributed by atoms with van der Waals surface area (Å²) in [5, 5.41) is 2.74. The van der Waals surface area contributed by atoms with Gasteiger partial charge in [-0.25, -0.2) is 9.18 Å². The van der Waals surface area contributed by atoms with Crippen LogP contribution in [-0.2, 0) is 9.53 Å². The number of para-hydroxylation sites is 1. The largest absolute Gasteiger partial charge is 0.452 e. The maximum absolute atomic E-state index is 13.1. The third-order valence-corrected chi connectivity index (χ3v) is 3.68. The summed E-state index contributed by atoms with van der Waals surface area (Å²) in [7, 11) is 0. The van der Waals surface area contributed by atoms with Gasteiger partial charge in [0.1, 0.15) is 5.82 Å². The molecule has 0 aliphatic heterocycles. The summed E-state index contributed by atoms with van der Waals surface area (Å²) in [6.45, 7) is -0.460. The van der Waals surface area contributed by atoms with Gasteiger partial charge in [0.05, 0.1) is 5.56 Å². The van der Waals surface area contributed by atoms with Gasteiger partial charge >= 0.3 is 5.97 Å². The molecule has 4 nitrogen and oxygen atoms in total. The van der Waals surface area contributed by atoms with Crippen LogP contribution in [0.5, 0.6) is 0 Å². The number of carbonyl (C=O) groups is 2. The molecule has 0 aliphatic carbocycles. The molecule has 3 aromatic carbocycles. The molecule has 1 N–H and O–H groups in total. The van der Waals surface area contributed by atoms with E-state index in [0.29, 0.717) is 5.69 Å². The van der Waals surface area contributed by atoms with Gasteiger partial charge in [0, 0.05) is 11.3 Å². The molecule has 130 valence electrons. The minimum atomic E-state index is -0.754. The van der Waals surface area contributed by atoms with Crippen molar-refractivity contribution >= 4 is 17.6 Å². The summed E-state index contributed by atoms with van der Waals surface area (Å²) in [5.74, 6) is -1.77. The Morgan fingerprint density at radius 3 is 2.38 bits per heavy atom. The number of benzene rings is 3. The molecule has 0 atom stereocenters. The van der Waals surface area contributed by atoms with Crippen molar-refractivity contribution in [3.63, 3.8) is 0 Å². The van der Waals surface area contributed by atoms with Crippen molar-refractivity contribution in [2.45, 2.75) is 0 Å². The van der Waals surface area contributed by atoms with Crippen molar-refractivity contribution in [1.29, 1.82) is 0 Å². The van der Waals surface area contributed by atoms with Crippen molar-refractivity contribution in [2.75, 3.05) is 11.9 Å². The van der Waals surface area contributed by atoms with E-state index in [4.69, 9.17) is 4.74 Å². The average Bonchev–Trinajstić information content (AvgIpc) is 2.67. The minimum Gasteiger partial charge on any atom is -0.452 e. The van der Waals surface area contributed by atoms with Gasteiger partial charge in [-0.3, -0.25) is 4.79 Å². The molecule has 0 bridgehead atoms. The van der Waals surface area contributed by atoms with E-state index in [1.807, 2.05) is 42.5 Å². The Labute approximate surface area is 150 Å². The molecular formula is C21H16FNO3. The van der Waals surface area contributed by atoms with Crippen LogP contribution in [-0.4, -0.2) is 18.5 Å². The van der Waals surface area contributed by atoms with Crippen LogP contribution in [0.3, 0.4) is 0 Å². The van der Waals surface area contributed by atoms with Gasteiger partial charge in [-0.15, -0.1) is 0 Å². The fourth-order valence-corrected chi connectivity index (χ4v) is 2.48. The van der Waals surface area contributed by atoms with Gasteiger partial charge < -0.3 is 10.1 Å². The van der Waals surface area contributed by atoms with E-state index in [1.54, 1.807) is 12.1 Å². The first kappa shape index (κ1) is 17.4. The van der Waals surface area contributed by atoms with Crippen LogP contribution in [0, 0.1) is 5.82 Å². The number of halogens is 1. The quantitative estimate of drug-likeness (QED) is 0.699. The average molecular weight is 349 g/mol. The maximum atomic E-state index is 13.1. The van der Waals surface area contributed by atoms with E-state index in [1.165, 1.54) is 18.2 Å². The molecule has 26 heavy (non-hydrogen) atoms. The molecule has 0 spiro atoms. The van der Waals surface area contributed by atoms with Crippen LogP contribution in [0.4, 0.5) is 10.1 Å². The first-order valence-corrected chi connectivity index (χ1v) is 8.00. The second kappa shape index (κ2) is 8.07. The predicted octanol–water partition coefficient (Wildman–Crippen LogP) is 4.29. The van der Waals surface area contributed by atoms with E-state index in [0.717, 1.165) is 17.2 Å². The number of anilines is 1. The van der Waals surface area contributed by atoms with E-state index in [-0.39, 0.29) is 5.56 Å². The van der Waals surface area contributed by atoms with Crippen LogP contribution in [0.1, 0.15) is 10.4 Å². The Morgan fingerprint density at radius 2 is 1.62 bits per heavy atom. The lowest BCUT2D eigenvalue weighted by Gasteiger charge is -2.11. The van der Waals surface area contributed by atoms with E-state index < -0.39 is 24.3 Å². The van der Waals surface area contributed by atoms with Crippen molar-refractivity contribution < 1.29 is 18.7 Å². The standard InChI is InChI=1S/C21H16FNO3/c22-17-10-6-9-16(13-17)21(25)26-14-20(24)23-19-12-5-4-11-18(19)15-7-2-1-3-8-15/h1-13H,14H2,(H,23,24). The summed E-state index contributed by atoms with van der Waals surface area (Å²) in [5.41, 5.74) is 2.49. The zero-order valence-electron chi connectivity index (χ0n) is 13.8. The van der Waals surface area contributed by atoms with Crippen LogP contribution in [0.2, 0.25) is 0 Å². The molecule has 0 fully saturated rings. The summed E-state index contributed by atoms with van der Waals surface area (Å²) >= 11 is 0. The van der Waals surface area contributed by atoms with Crippen LogP contribution >= 0.6 is 0 Å². The smallest absolute Gasteiger partial charge is 0.338 e. The van der Waals surface area contributed by atoms with Gasteiger partial charge in [0.25, 0.3) is 5.91 Å². The number of carbonyl (C=O) groups excluding carboxylic acids is 2. The summed E-state index contributed by atoms with van der Waals surface area (Å²) in [6, 6.07) is 22.1. The number of ether oxygens (including phenoxy) is 1. The first-order chi connectivity index (χ1) is 12.6. The summed E-state index contributed by atoms with van der Waals surface area (Å²) in [4.78, 5) is 24.0. The molecule has 1 amide bonds. The number of amides is 1. The summed E-state index contributed by atoms with van der Waals surface area (Å²) in [6.07, 6.45) is 0. The zero-order valence-corrected chi connectivity index (χ0v) is 13.8. The SMILES string of the molecule is O=C(COC(=O)c1cccc(F)c1)Nc1ccccc1-c1ccccc1. The highest BCUT2D eigenvalue weighted by molar-refractivity contribution is 5.98. The van der Waals surface area contributed by atoms with Crippen molar-refractivity contribution in [1.82, 2.24) is 0 Å². The summed E-state index contributed by atoms with van der Waals surface area (Å²) < 4.78 is 18.1. The topological polar surface area (TPSA) is 55.4 Å². The lowest BCUT2D eigenvalue weighted by atomic mass is 10.0. The second-order valence-electron chi connectivity index (χ2n) is 5.55. The molecule has 0 aliphatic rings. The van der Waals surface area contributed by atoms with Gasteiger partial charge in [0.15, 0.2) is 6.61 Å². The minimum absolute atomic E-state index is 0.0579. The third kappa shape index (κ3) is 4.33. The molecule has 0 saturated carbocycles. The van der Waals surface area contributed by atoms with Crippen LogP contribution < -0.4 is 5.32 Å². The normalized spacial score (nSPS) is 10.2. The monoisotopic (exact) mass is 349 g/mol. The van der Waals surface area contributed by atoms with Crippen molar-refractivity contribution in [3.05, 3.63) is 90.2 Å². The molecule has 0 radical (unpaired) electrons. The Hall–Kier alpha value is -3.47. The lowest BCUT2D eigenvalue weighted by molar-refractivity contribution is -0.119. The van der Waals surface area contributed by atoms with Crippen LogP contribution in [0.15, 0.2) is 78.9 Å². The number of hydrogen-bond acceptors (Lipinski definition) is 3. The molecule has 0 saturated heterocycles. The fraction of sp³-hybridized carbons (Fsp3) is 0.0476. The molecule has 0 unspecified atom stereocenters. The van der Waals surface area contributed by atoms with Gasteiger partial charge in [-0.2, -0.15) is 0 Å². The fourth-order valence-electron chi connectivity index (χ4n) is 2.48. The molecule has 5 heteroatoms. The zero-order chi connectivity index (χ0) is 18.4. The first-order valence-electron chi connectivity index (χ1n) is 8.00. The highest BCUT2D eigenvalue weighted by Crippen LogP contribution is 2.27. The predicted molar refractivity (Wildman–Crippen MR) is 97.2 cm³/mol. The number of esters is 1. The van der Waals surface area contributed by atoms with E-state index in [2.05, 4.69) is 5.32 Å². The molecule has 3 aromatic rings. The van der Waals surface area contributed by atoms with Crippen LogP contribution in [0.25, 0.3) is 11.1 Å². The highest BCUT2D eigenvalue weighted by atomic mass is 19.1. The van der Waals surface area contributed by atoms with Gasteiger partial charge in [-0.1, -0.05) is 54.6 Å². The number of nitrogens with one attached hydrogen (secondary N) is 1. The lowest BCUT2D eigenvalue weighted by Crippen LogP contribution is -2.21. The Balaban J connectivity index is 1.65. The van der Waals surface area contributed by atoms with E-state index in [9.17, 15) is 14.0 Å². The Bertz CT molecular complexity index is 925.